The van der Waals surface area contributed by atoms with Gasteiger partial charge in [-0.15, -0.1) is 0 Å². The van der Waals surface area contributed by atoms with E-state index in [4.69, 9.17) is 11.6 Å². The third-order valence-electron chi connectivity index (χ3n) is 3.22. The Morgan fingerprint density at radius 2 is 1.68 bits per heavy atom. The van der Waals surface area contributed by atoms with Crippen LogP contribution >= 0.6 is 11.6 Å². The van der Waals surface area contributed by atoms with E-state index in [2.05, 4.69) is 4.72 Å². The topological polar surface area (TPSA) is 46.2 Å². The van der Waals surface area contributed by atoms with Crippen LogP contribution in [0.4, 0.5) is 10.1 Å². The molecular formula is C16H11ClFNO2S. The fraction of sp³-hybridized carbons (Fsp3) is 0. The Morgan fingerprint density at radius 3 is 2.50 bits per heavy atom. The number of fused-ring (bicyclic) bond motifs is 1. The van der Waals surface area contributed by atoms with Gasteiger partial charge in [0.25, 0.3) is 10.0 Å². The molecule has 112 valence electrons. The molecule has 0 aliphatic heterocycles. The van der Waals surface area contributed by atoms with Crippen LogP contribution < -0.4 is 4.72 Å². The molecule has 1 N–H and O–H groups in total. The molecule has 0 heterocycles. The lowest BCUT2D eigenvalue weighted by atomic mass is 10.1. The Morgan fingerprint density at radius 1 is 0.955 bits per heavy atom. The van der Waals surface area contributed by atoms with Crippen molar-refractivity contribution in [1.82, 2.24) is 0 Å². The van der Waals surface area contributed by atoms with Crippen molar-refractivity contribution in [3.05, 3.63) is 71.5 Å². The highest BCUT2D eigenvalue weighted by molar-refractivity contribution is 7.92. The first-order valence-corrected chi connectivity index (χ1v) is 8.29. The van der Waals surface area contributed by atoms with Gasteiger partial charge in [-0.2, -0.15) is 0 Å². The molecule has 3 nitrogen and oxygen atoms in total. The molecule has 3 aromatic rings. The number of hydrogen-bond acceptors (Lipinski definition) is 2. The minimum Gasteiger partial charge on any atom is -0.279 e. The zero-order valence-corrected chi connectivity index (χ0v) is 12.8. The first-order chi connectivity index (χ1) is 10.5. The Bertz CT molecular complexity index is 952. The summed E-state index contributed by atoms with van der Waals surface area (Å²) in [6, 6.07) is 15.9. The van der Waals surface area contributed by atoms with Crippen LogP contribution in [0.1, 0.15) is 0 Å². The van der Waals surface area contributed by atoms with Crippen molar-refractivity contribution in [3.63, 3.8) is 0 Å². The molecule has 0 amide bonds. The molecule has 3 rings (SSSR count). The van der Waals surface area contributed by atoms with Gasteiger partial charge in [0.2, 0.25) is 0 Å². The second kappa shape index (κ2) is 5.59. The lowest BCUT2D eigenvalue weighted by Gasteiger charge is -2.11. The van der Waals surface area contributed by atoms with Gasteiger partial charge in [-0.05, 0) is 29.7 Å². The van der Waals surface area contributed by atoms with Crippen molar-refractivity contribution in [3.8, 4) is 0 Å². The minimum atomic E-state index is -3.98. The lowest BCUT2D eigenvalue weighted by molar-refractivity contribution is 0.595. The number of benzene rings is 3. The molecule has 0 saturated carbocycles. The predicted octanol–water partition coefficient (Wildman–Crippen LogP) is 4.43. The van der Waals surface area contributed by atoms with E-state index in [1.165, 1.54) is 6.07 Å². The van der Waals surface area contributed by atoms with E-state index in [1.807, 2.05) is 24.3 Å². The van der Waals surface area contributed by atoms with Gasteiger partial charge in [0.05, 0.1) is 10.7 Å². The second-order valence-electron chi connectivity index (χ2n) is 4.71. The standard InChI is InChI=1S/C16H11ClFNO2S/c17-14-9-8-12(18)10-16(14)22(20,21)19-15-7-3-5-11-4-1-2-6-13(11)15/h1-10,19H. The summed E-state index contributed by atoms with van der Waals surface area (Å²) >= 11 is 5.88. The molecule has 0 saturated heterocycles. The Labute approximate surface area is 132 Å². The molecular weight excluding hydrogens is 325 g/mol. The maximum atomic E-state index is 13.3. The third-order valence-corrected chi connectivity index (χ3v) is 5.06. The quantitative estimate of drug-likeness (QED) is 0.769. The molecule has 0 aliphatic rings. The molecule has 0 bridgehead atoms. The van der Waals surface area contributed by atoms with Gasteiger partial charge in [-0.3, -0.25) is 4.72 Å². The molecule has 3 aromatic carbocycles. The van der Waals surface area contributed by atoms with Crippen molar-refractivity contribution >= 4 is 38.1 Å². The van der Waals surface area contributed by atoms with E-state index in [9.17, 15) is 12.8 Å². The molecule has 0 aliphatic carbocycles. The van der Waals surface area contributed by atoms with E-state index in [-0.39, 0.29) is 9.92 Å². The summed E-state index contributed by atoms with van der Waals surface area (Å²) in [5.74, 6) is -0.664. The maximum Gasteiger partial charge on any atom is 0.263 e. The van der Waals surface area contributed by atoms with Crippen LogP contribution in [0.3, 0.4) is 0 Å². The summed E-state index contributed by atoms with van der Waals surface area (Å²) in [6.07, 6.45) is 0. The molecule has 22 heavy (non-hydrogen) atoms. The van der Waals surface area contributed by atoms with Crippen molar-refractivity contribution < 1.29 is 12.8 Å². The van der Waals surface area contributed by atoms with E-state index in [0.717, 1.165) is 22.9 Å². The van der Waals surface area contributed by atoms with E-state index in [1.54, 1.807) is 18.2 Å². The zero-order chi connectivity index (χ0) is 15.7. The second-order valence-corrected chi connectivity index (χ2v) is 6.76. The van der Waals surface area contributed by atoms with Crippen molar-refractivity contribution in [2.75, 3.05) is 4.72 Å². The highest BCUT2D eigenvalue weighted by atomic mass is 35.5. The molecule has 6 heteroatoms. The van der Waals surface area contributed by atoms with Crippen LogP contribution in [-0.4, -0.2) is 8.42 Å². The maximum absolute atomic E-state index is 13.3. The number of nitrogens with one attached hydrogen (secondary N) is 1. The van der Waals surface area contributed by atoms with E-state index in [0.29, 0.717) is 5.69 Å². The highest BCUT2D eigenvalue weighted by Gasteiger charge is 2.19. The molecule has 0 unspecified atom stereocenters. The summed E-state index contributed by atoms with van der Waals surface area (Å²) in [5, 5.41) is 1.61. The van der Waals surface area contributed by atoms with Crippen LogP contribution in [0.15, 0.2) is 65.6 Å². The number of halogens is 2. The average Bonchev–Trinajstić information content (AvgIpc) is 2.50. The predicted molar refractivity (Wildman–Crippen MR) is 86.2 cm³/mol. The monoisotopic (exact) mass is 335 g/mol. The number of hydrogen-bond donors (Lipinski definition) is 1. The van der Waals surface area contributed by atoms with Crippen LogP contribution in [0.2, 0.25) is 5.02 Å². The van der Waals surface area contributed by atoms with Crippen LogP contribution in [0.5, 0.6) is 0 Å². The Hall–Kier alpha value is -2.11. The minimum absolute atomic E-state index is 0.0332. The summed E-state index contributed by atoms with van der Waals surface area (Å²) < 4.78 is 40.7. The van der Waals surface area contributed by atoms with Gasteiger partial charge >= 0.3 is 0 Å². The fourth-order valence-electron chi connectivity index (χ4n) is 2.20. The van der Waals surface area contributed by atoms with Gasteiger partial charge < -0.3 is 0 Å². The number of sulfonamides is 1. The average molecular weight is 336 g/mol. The zero-order valence-electron chi connectivity index (χ0n) is 11.3. The molecule has 0 atom stereocenters. The summed E-state index contributed by atoms with van der Waals surface area (Å²) in [6.45, 7) is 0. The summed E-state index contributed by atoms with van der Waals surface area (Å²) in [5.41, 5.74) is 0.415. The SMILES string of the molecule is O=S(=O)(Nc1cccc2ccccc12)c1cc(F)ccc1Cl. The summed E-state index contributed by atoms with van der Waals surface area (Å²) in [4.78, 5) is -0.290. The van der Waals surface area contributed by atoms with Crippen LogP contribution in [0.25, 0.3) is 10.8 Å². The van der Waals surface area contributed by atoms with Crippen molar-refractivity contribution in [1.29, 1.82) is 0 Å². The first-order valence-electron chi connectivity index (χ1n) is 6.43. The van der Waals surface area contributed by atoms with Crippen LogP contribution in [-0.2, 0) is 10.0 Å². The third kappa shape index (κ3) is 2.77. The number of anilines is 1. The Balaban J connectivity index is 2.09. The number of rotatable bonds is 3. The first kappa shape index (κ1) is 14.8. The lowest BCUT2D eigenvalue weighted by Crippen LogP contribution is -2.14. The molecule has 0 spiro atoms. The van der Waals surface area contributed by atoms with Crippen LogP contribution in [0, 0.1) is 5.82 Å². The highest BCUT2D eigenvalue weighted by Crippen LogP contribution is 2.28. The smallest absolute Gasteiger partial charge is 0.263 e. The van der Waals surface area contributed by atoms with Gasteiger partial charge in [0, 0.05) is 5.39 Å². The van der Waals surface area contributed by atoms with E-state index >= 15 is 0 Å². The van der Waals surface area contributed by atoms with E-state index < -0.39 is 15.8 Å². The molecule has 0 fully saturated rings. The van der Waals surface area contributed by atoms with Gasteiger partial charge in [-0.25, -0.2) is 12.8 Å². The normalized spacial score (nSPS) is 11.5. The fourth-order valence-corrected chi connectivity index (χ4v) is 3.79. The molecule has 0 radical (unpaired) electrons. The van der Waals surface area contributed by atoms with Crippen molar-refractivity contribution in [2.24, 2.45) is 0 Å². The van der Waals surface area contributed by atoms with Gasteiger partial charge in [0.15, 0.2) is 0 Å². The molecule has 0 aromatic heterocycles. The summed E-state index contributed by atoms with van der Waals surface area (Å²) in [7, 11) is -3.98. The Kier molecular flexibility index (Phi) is 3.76. The largest absolute Gasteiger partial charge is 0.279 e. The van der Waals surface area contributed by atoms with Gasteiger partial charge in [-0.1, -0.05) is 48.0 Å². The van der Waals surface area contributed by atoms with Gasteiger partial charge in [0.1, 0.15) is 10.7 Å². The van der Waals surface area contributed by atoms with Crippen molar-refractivity contribution in [2.45, 2.75) is 4.90 Å².